The molecule has 1 aromatic carbocycles. The molecule has 0 bridgehead atoms. The molecular weight excluding hydrogens is 432 g/mol. The second-order valence-corrected chi connectivity index (χ2v) is 6.80. The molecule has 0 spiro atoms. The van der Waals surface area contributed by atoms with E-state index in [0.717, 1.165) is 35.2 Å². The molecule has 0 radical (unpaired) electrons. The van der Waals surface area contributed by atoms with Gasteiger partial charge in [-0.2, -0.15) is 0 Å². The van der Waals surface area contributed by atoms with Crippen molar-refractivity contribution >= 4 is 18.2 Å². The Balaban J connectivity index is 0. The van der Waals surface area contributed by atoms with E-state index in [1.54, 1.807) is 25.3 Å². The number of amides is 3. The van der Waals surface area contributed by atoms with Crippen molar-refractivity contribution in [3.05, 3.63) is 53.6 Å². The summed E-state index contributed by atoms with van der Waals surface area (Å²) in [6.07, 6.45) is 6.32. The first kappa shape index (κ1) is 32.8. The van der Waals surface area contributed by atoms with Crippen LogP contribution in [0.5, 0.6) is 5.75 Å². The van der Waals surface area contributed by atoms with Crippen molar-refractivity contribution in [1.29, 1.82) is 0 Å². The van der Waals surface area contributed by atoms with E-state index in [0.29, 0.717) is 12.8 Å². The molecule has 1 fully saturated rings. The first-order chi connectivity index (χ1) is 16.3. The molecule has 3 N–H and O–H groups in total. The maximum Gasteiger partial charge on any atom is 0.322 e. The number of hydrogen-bond donors (Lipinski definition) is 3. The van der Waals surface area contributed by atoms with Crippen molar-refractivity contribution in [1.82, 2.24) is 10.6 Å². The summed E-state index contributed by atoms with van der Waals surface area (Å²) >= 11 is 0. The number of rotatable bonds is 6. The number of allylic oxidation sites excluding steroid dienone is 2. The summed E-state index contributed by atoms with van der Waals surface area (Å²) in [5.41, 5.74) is 2.03. The van der Waals surface area contributed by atoms with Gasteiger partial charge in [0.05, 0.1) is 7.11 Å². The summed E-state index contributed by atoms with van der Waals surface area (Å²) in [4.78, 5) is 32.7. The zero-order valence-corrected chi connectivity index (χ0v) is 21.6. The molecule has 0 saturated carbocycles. The summed E-state index contributed by atoms with van der Waals surface area (Å²) < 4.78 is 5.04. The number of nitrogens with one attached hydrogen (secondary N) is 2. The number of aliphatic hydroxyl groups excluding tert-OH is 1. The van der Waals surface area contributed by atoms with Crippen molar-refractivity contribution in [3.8, 4) is 17.6 Å². The van der Waals surface area contributed by atoms with Crippen molar-refractivity contribution in [3.63, 3.8) is 0 Å². The zero-order chi connectivity index (χ0) is 26.6. The third-order valence-electron chi connectivity index (χ3n) is 4.77. The molecule has 0 aromatic heterocycles. The van der Waals surface area contributed by atoms with Gasteiger partial charge >= 0.3 is 6.03 Å². The van der Waals surface area contributed by atoms with Gasteiger partial charge in [-0.3, -0.25) is 14.9 Å². The van der Waals surface area contributed by atoms with Gasteiger partial charge in [0, 0.05) is 5.56 Å². The minimum absolute atomic E-state index is 0.0504. The summed E-state index contributed by atoms with van der Waals surface area (Å²) in [7, 11) is 1.62. The van der Waals surface area contributed by atoms with Crippen LogP contribution in [-0.2, 0) is 11.2 Å². The van der Waals surface area contributed by atoms with Gasteiger partial charge in [-0.15, -0.1) is 6.58 Å². The van der Waals surface area contributed by atoms with Crippen LogP contribution in [0.4, 0.5) is 4.79 Å². The Bertz CT molecular complexity index is 881. The van der Waals surface area contributed by atoms with Crippen LogP contribution in [0.1, 0.15) is 70.3 Å². The highest BCUT2D eigenvalue weighted by Crippen LogP contribution is 2.19. The van der Waals surface area contributed by atoms with E-state index >= 15 is 0 Å². The Morgan fingerprint density at radius 2 is 1.91 bits per heavy atom. The van der Waals surface area contributed by atoms with Crippen molar-refractivity contribution in [2.24, 2.45) is 0 Å². The Kier molecular flexibility index (Phi) is 18.5. The van der Waals surface area contributed by atoms with E-state index in [1.165, 1.54) is 0 Å². The van der Waals surface area contributed by atoms with Crippen molar-refractivity contribution in [2.75, 3.05) is 13.7 Å². The molecule has 1 aliphatic rings. The lowest BCUT2D eigenvalue weighted by molar-refractivity contribution is -0.124. The summed E-state index contributed by atoms with van der Waals surface area (Å²) in [5, 5.41) is 13.0. The number of hydrogen-bond acceptors (Lipinski definition) is 5. The molecular formula is C27H40N2O5. The predicted octanol–water partition coefficient (Wildman–Crippen LogP) is 4.60. The standard InChI is InChI=1S/C10H12O2.C8H12N2O2.C7H10O.C2H6/c1-3-8-6-10(12-2)5-4-9(8)7-11;1-3-5-8(4-2)6(11)9-7(12)10-8;1-3-7(2)5-4-6-8;1-2/h4-7H,3H2,1-2H3;3H,1,4-5H2,2H3,(H2,9,10,11,12);3,8H,6H2,1-2H3;1-2H3/b;;7-3+;. The number of ether oxygens (including phenoxy) is 1. The molecule has 7 nitrogen and oxygen atoms in total. The SMILES string of the molecule is C/C=C(\C)C#CCO.C=CCC1(CC)NC(=O)NC1=O.CC.CCc1cc(OC)ccc1C=O. The summed E-state index contributed by atoms with van der Waals surface area (Å²) in [5.74, 6) is 5.83. The van der Waals surface area contributed by atoms with Crippen LogP contribution in [0.25, 0.3) is 0 Å². The van der Waals surface area contributed by atoms with Gasteiger partial charge in [-0.05, 0) is 62.4 Å². The number of aldehydes is 1. The van der Waals surface area contributed by atoms with Gasteiger partial charge in [0.25, 0.3) is 5.91 Å². The third-order valence-corrected chi connectivity index (χ3v) is 4.77. The fraction of sp³-hybridized carbons (Fsp3) is 0.444. The van der Waals surface area contributed by atoms with Gasteiger partial charge in [-0.1, -0.05) is 51.7 Å². The van der Waals surface area contributed by atoms with E-state index in [2.05, 4.69) is 29.1 Å². The fourth-order valence-electron chi connectivity index (χ4n) is 2.69. The number of benzene rings is 1. The zero-order valence-electron chi connectivity index (χ0n) is 21.6. The number of urea groups is 1. The molecule has 0 aliphatic carbocycles. The quantitative estimate of drug-likeness (QED) is 0.243. The van der Waals surface area contributed by atoms with Gasteiger partial charge in [0.2, 0.25) is 0 Å². The molecule has 1 unspecified atom stereocenters. The van der Waals surface area contributed by atoms with Gasteiger partial charge in [-0.25, -0.2) is 4.79 Å². The first-order valence-electron chi connectivity index (χ1n) is 11.4. The fourth-order valence-corrected chi connectivity index (χ4v) is 2.69. The number of carbonyl (C=O) groups excluding carboxylic acids is 3. The highest BCUT2D eigenvalue weighted by atomic mass is 16.5. The van der Waals surface area contributed by atoms with Gasteiger partial charge in [0.15, 0.2) is 0 Å². The van der Waals surface area contributed by atoms with Crippen molar-refractivity contribution < 1.29 is 24.2 Å². The highest BCUT2D eigenvalue weighted by Gasteiger charge is 2.43. The summed E-state index contributed by atoms with van der Waals surface area (Å²) in [6, 6.07) is 5.06. The van der Waals surface area contributed by atoms with E-state index in [-0.39, 0.29) is 12.5 Å². The van der Waals surface area contributed by atoms with E-state index in [4.69, 9.17) is 9.84 Å². The Hall–Kier alpha value is -3.37. The maximum atomic E-state index is 11.3. The maximum absolute atomic E-state index is 11.3. The molecule has 188 valence electrons. The lowest BCUT2D eigenvalue weighted by Gasteiger charge is -2.21. The topological polar surface area (TPSA) is 105 Å². The van der Waals surface area contributed by atoms with Crippen LogP contribution in [0.2, 0.25) is 0 Å². The lowest BCUT2D eigenvalue weighted by atomic mass is 9.92. The molecule has 2 rings (SSSR count). The van der Waals surface area contributed by atoms with Crippen LogP contribution >= 0.6 is 0 Å². The molecule has 1 saturated heterocycles. The number of aliphatic hydroxyl groups is 1. The molecule has 34 heavy (non-hydrogen) atoms. The number of imide groups is 1. The average Bonchev–Trinajstić information content (AvgIpc) is 3.16. The number of carbonyl (C=O) groups is 3. The predicted molar refractivity (Wildman–Crippen MR) is 138 cm³/mol. The van der Waals surface area contributed by atoms with Crippen LogP contribution in [-0.4, -0.2) is 42.6 Å². The average molecular weight is 473 g/mol. The molecule has 1 aliphatic heterocycles. The largest absolute Gasteiger partial charge is 0.497 e. The van der Waals surface area contributed by atoms with Gasteiger partial charge in [0.1, 0.15) is 24.2 Å². The Morgan fingerprint density at radius 1 is 1.26 bits per heavy atom. The minimum Gasteiger partial charge on any atom is -0.497 e. The third kappa shape index (κ3) is 11.5. The smallest absolute Gasteiger partial charge is 0.322 e. The van der Waals surface area contributed by atoms with E-state index in [9.17, 15) is 14.4 Å². The molecule has 1 atom stereocenters. The molecule has 1 aromatic rings. The normalized spacial score (nSPS) is 15.8. The van der Waals surface area contributed by atoms with Crippen LogP contribution < -0.4 is 15.4 Å². The van der Waals surface area contributed by atoms with Gasteiger partial charge < -0.3 is 15.2 Å². The number of methoxy groups -OCH3 is 1. The molecule has 1 heterocycles. The summed E-state index contributed by atoms with van der Waals surface area (Å²) in [6.45, 7) is 15.2. The minimum atomic E-state index is -0.751. The highest BCUT2D eigenvalue weighted by molar-refractivity contribution is 6.07. The second kappa shape index (κ2) is 19.1. The molecule has 3 amide bonds. The molecule has 7 heteroatoms. The van der Waals surface area contributed by atoms with Crippen molar-refractivity contribution in [2.45, 2.75) is 66.3 Å². The van der Waals surface area contributed by atoms with E-state index in [1.807, 2.05) is 53.7 Å². The van der Waals surface area contributed by atoms with Crippen LogP contribution in [0.3, 0.4) is 0 Å². The first-order valence-corrected chi connectivity index (χ1v) is 11.4. The lowest BCUT2D eigenvalue weighted by Crippen LogP contribution is -2.45. The van der Waals surface area contributed by atoms with E-state index < -0.39 is 11.6 Å². The monoisotopic (exact) mass is 472 g/mol. The second-order valence-electron chi connectivity index (χ2n) is 6.80. The van der Waals surface area contributed by atoms with Crippen LogP contribution in [0.15, 0.2) is 42.5 Å². The Labute approximate surface area is 204 Å². The van der Waals surface area contributed by atoms with Crippen LogP contribution in [0, 0.1) is 11.8 Å². The Morgan fingerprint density at radius 3 is 2.29 bits per heavy atom. The number of aryl methyl sites for hydroxylation is 1.